The first-order valence-corrected chi connectivity index (χ1v) is 20.1. The highest BCUT2D eigenvalue weighted by atomic mass is 15.2. The normalized spacial score (nSPS) is 17.1. The number of hydrogen-bond donors (Lipinski definition) is 0. The van der Waals surface area contributed by atoms with Crippen molar-refractivity contribution in [1.29, 1.82) is 0 Å². The minimum absolute atomic E-state index is 0.0723. The van der Waals surface area contributed by atoms with E-state index in [1.54, 1.807) is 0 Å². The average Bonchev–Trinajstić information content (AvgIpc) is 3.51. The van der Waals surface area contributed by atoms with Crippen molar-refractivity contribution in [2.75, 3.05) is 4.90 Å². The molecule has 0 amide bonds. The van der Waals surface area contributed by atoms with Crippen LogP contribution in [0.25, 0.3) is 34.6 Å². The quantitative estimate of drug-likeness (QED) is 0.103. The third-order valence-corrected chi connectivity index (χ3v) is 10.8. The van der Waals surface area contributed by atoms with Crippen LogP contribution in [-0.4, -0.2) is 11.8 Å². The third kappa shape index (κ3) is 9.31. The number of nitrogens with zero attached hydrogens (tertiary/aromatic N) is 2. The number of para-hydroxylation sites is 1. The molecule has 0 saturated carbocycles. The van der Waals surface area contributed by atoms with Crippen LogP contribution >= 0.6 is 0 Å². The van der Waals surface area contributed by atoms with Crippen LogP contribution in [0.5, 0.6) is 0 Å². The monoisotopic (exact) mass is 740 g/mol. The zero-order valence-corrected chi connectivity index (χ0v) is 33.5. The molecule has 0 radical (unpaired) electrons. The highest BCUT2D eigenvalue weighted by molar-refractivity contribution is 6.03. The van der Waals surface area contributed by atoms with Crippen LogP contribution in [0, 0.1) is 0 Å². The molecule has 0 spiro atoms. The van der Waals surface area contributed by atoms with Gasteiger partial charge in [0.25, 0.3) is 0 Å². The fraction of sp³-hybridized carbons (Fsp3) is 0.145. The van der Waals surface area contributed by atoms with Crippen molar-refractivity contribution in [3.63, 3.8) is 0 Å². The molecule has 0 fully saturated rings. The second-order valence-electron chi connectivity index (χ2n) is 14.8. The van der Waals surface area contributed by atoms with Gasteiger partial charge >= 0.3 is 0 Å². The van der Waals surface area contributed by atoms with Gasteiger partial charge in [-0.2, -0.15) is 0 Å². The van der Waals surface area contributed by atoms with E-state index in [2.05, 4.69) is 209 Å². The summed E-state index contributed by atoms with van der Waals surface area (Å²) in [6.45, 7) is 15.0. The topological polar surface area (TPSA) is 15.6 Å². The molecule has 0 saturated heterocycles. The van der Waals surface area contributed by atoms with Gasteiger partial charge in [0.15, 0.2) is 0 Å². The van der Waals surface area contributed by atoms with Gasteiger partial charge in [-0.05, 0) is 132 Å². The van der Waals surface area contributed by atoms with Gasteiger partial charge in [-0.25, -0.2) is 0 Å². The summed E-state index contributed by atoms with van der Waals surface area (Å²) in [5.74, 6) is 0. The Balaban J connectivity index is 1.30. The van der Waals surface area contributed by atoms with E-state index < -0.39 is 0 Å². The molecular weight excluding hydrogens is 689 g/mol. The Bertz CT molecular complexity index is 2460. The fourth-order valence-corrected chi connectivity index (χ4v) is 7.81. The van der Waals surface area contributed by atoms with Crippen LogP contribution in [0.2, 0.25) is 0 Å². The minimum atomic E-state index is 0.0723. The summed E-state index contributed by atoms with van der Waals surface area (Å²) in [5.41, 5.74) is 17.0. The standard InChI is InChI=1S/C55H52N2/c1-6-19-49-38-51(35-30-43(49)7-2)50-26-17-25-48-24-15-16-29-55(48)57(41(4)37-50)53-28-18-27-52(39-53)54(36-40(3)44-20-13-10-14-21-44)56-42(5)45-31-33-47(34-32-45)46-22-11-8-9-12-23-46/h6-8,10-16,18-24,27-39,41H,2-3,9,17,25-26H2,1,4-5H3/b19-6-,50-37+,54-36-,56-42?. The average molecular weight is 741 g/mol. The van der Waals surface area contributed by atoms with E-state index in [0.717, 1.165) is 70.6 Å². The maximum atomic E-state index is 5.36. The molecule has 2 aliphatic rings. The van der Waals surface area contributed by atoms with Gasteiger partial charge in [0.2, 0.25) is 0 Å². The lowest BCUT2D eigenvalue weighted by atomic mass is 9.94. The zero-order valence-electron chi connectivity index (χ0n) is 33.5. The molecule has 0 aromatic heterocycles. The van der Waals surface area contributed by atoms with Gasteiger partial charge in [-0.3, -0.25) is 4.99 Å². The van der Waals surface area contributed by atoms with Crippen LogP contribution in [0.4, 0.5) is 11.4 Å². The van der Waals surface area contributed by atoms with E-state index in [4.69, 9.17) is 4.99 Å². The Morgan fingerprint density at radius 2 is 1.54 bits per heavy atom. The fourth-order valence-electron chi connectivity index (χ4n) is 7.81. The Morgan fingerprint density at radius 3 is 2.35 bits per heavy atom. The summed E-state index contributed by atoms with van der Waals surface area (Å²) in [6.07, 6.45) is 25.7. The van der Waals surface area contributed by atoms with Gasteiger partial charge in [0.1, 0.15) is 0 Å². The van der Waals surface area contributed by atoms with E-state index >= 15 is 0 Å². The maximum absolute atomic E-state index is 5.36. The first-order valence-electron chi connectivity index (χ1n) is 20.1. The van der Waals surface area contributed by atoms with Crippen LogP contribution in [-0.2, 0) is 6.42 Å². The van der Waals surface area contributed by atoms with E-state index in [1.165, 1.54) is 39.1 Å². The van der Waals surface area contributed by atoms with E-state index in [-0.39, 0.29) is 6.04 Å². The van der Waals surface area contributed by atoms with Crippen molar-refractivity contribution in [3.05, 3.63) is 228 Å². The van der Waals surface area contributed by atoms with Gasteiger partial charge < -0.3 is 4.90 Å². The summed E-state index contributed by atoms with van der Waals surface area (Å²) in [5, 5.41) is 0. The van der Waals surface area contributed by atoms with Crippen molar-refractivity contribution in [3.8, 4) is 0 Å². The summed E-state index contributed by atoms with van der Waals surface area (Å²) in [4.78, 5) is 7.86. The first kappa shape index (κ1) is 38.8. The number of aryl methyl sites for hydroxylation is 1. The van der Waals surface area contributed by atoms with E-state index in [1.807, 2.05) is 12.1 Å². The molecule has 1 unspecified atom stereocenters. The van der Waals surface area contributed by atoms with E-state index in [0.29, 0.717) is 0 Å². The van der Waals surface area contributed by atoms with Gasteiger partial charge in [0.05, 0.1) is 5.70 Å². The summed E-state index contributed by atoms with van der Waals surface area (Å²) in [6, 6.07) is 43.7. The molecule has 5 aromatic rings. The second kappa shape index (κ2) is 18.4. The number of anilines is 2. The molecule has 2 heteroatoms. The SMILES string of the molecule is C=Cc1ccc(/C2=C/C(C)N(c3cccc(/C(=C/C(=C)c4ccccc4)N=C(C)c4ccc(C5=CC=CCC=C5)cc4)c3)c3ccccc3CCC2)cc1/C=C\C. The van der Waals surface area contributed by atoms with Gasteiger partial charge in [-0.15, -0.1) is 0 Å². The smallest absolute Gasteiger partial charge is 0.0712 e. The molecule has 2 nitrogen and oxygen atoms in total. The summed E-state index contributed by atoms with van der Waals surface area (Å²) in [7, 11) is 0. The molecule has 57 heavy (non-hydrogen) atoms. The Hall–Kier alpha value is -6.51. The molecule has 1 heterocycles. The molecule has 282 valence electrons. The number of hydrogen-bond acceptors (Lipinski definition) is 2. The van der Waals surface area contributed by atoms with Crippen LogP contribution in [0.15, 0.2) is 188 Å². The summed E-state index contributed by atoms with van der Waals surface area (Å²) >= 11 is 0. The number of allylic oxidation sites excluding steroid dienone is 10. The van der Waals surface area contributed by atoms with Crippen LogP contribution < -0.4 is 4.90 Å². The molecule has 1 aliphatic heterocycles. The third-order valence-electron chi connectivity index (χ3n) is 10.8. The van der Waals surface area contributed by atoms with Crippen molar-refractivity contribution >= 4 is 51.7 Å². The van der Waals surface area contributed by atoms with Crippen LogP contribution in [0.1, 0.15) is 84.5 Å². The van der Waals surface area contributed by atoms with Gasteiger partial charge in [-0.1, -0.05) is 165 Å². The van der Waals surface area contributed by atoms with Crippen molar-refractivity contribution < 1.29 is 0 Å². The highest BCUT2D eigenvalue weighted by Gasteiger charge is 2.22. The maximum Gasteiger partial charge on any atom is 0.0712 e. The molecule has 1 aliphatic carbocycles. The van der Waals surface area contributed by atoms with E-state index in [9.17, 15) is 0 Å². The second-order valence-corrected chi connectivity index (χ2v) is 14.8. The predicted octanol–water partition coefficient (Wildman–Crippen LogP) is 14.8. The Labute approximate surface area is 340 Å². The molecular formula is C55H52N2. The van der Waals surface area contributed by atoms with Crippen molar-refractivity contribution in [1.82, 2.24) is 0 Å². The number of aliphatic imine (C=N–C) groups is 1. The lowest BCUT2D eigenvalue weighted by Gasteiger charge is -2.32. The number of benzene rings is 5. The Morgan fingerprint density at radius 1 is 0.772 bits per heavy atom. The minimum Gasteiger partial charge on any atom is -0.335 e. The molecule has 1 atom stereocenters. The highest BCUT2D eigenvalue weighted by Crippen LogP contribution is 2.38. The number of rotatable bonds is 10. The van der Waals surface area contributed by atoms with Crippen LogP contribution in [0.3, 0.4) is 0 Å². The van der Waals surface area contributed by atoms with Crippen molar-refractivity contribution in [2.24, 2.45) is 4.99 Å². The predicted molar refractivity (Wildman–Crippen MR) is 250 cm³/mol. The first-order chi connectivity index (χ1) is 27.9. The van der Waals surface area contributed by atoms with Gasteiger partial charge in [0, 0.05) is 28.7 Å². The lowest BCUT2D eigenvalue weighted by molar-refractivity contribution is 0.849. The number of fused-ring (bicyclic) bond motifs is 1. The summed E-state index contributed by atoms with van der Waals surface area (Å²) < 4.78 is 0. The molecule has 7 rings (SSSR count). The largest absolute Gasteiger partial charge is 0.335 e. The molecule has 0 bridgehead atoms. The zero-order chi connectivity index (χ0) is 39.6. The Kier molecular flexibility index (Phi) is 12.5. The molecule has 0 N–H and O–H groups in total. The van der Waals surface area contributed by atoms with Crippen molar-refractivity contribution in [2.45, 2.75) is 52.5 Å². The molecule has 5 aromatic carbocycles. The lowest BCUT2D eigenvalue weighted by Crippen LogP contribution is -2.27.